The van der Waals surface area contributed by atoms with Gasteiger partial charge in [0, 0.05) is 36.3 Å². The van der Waals surface area contributed by atoms with Gasteiger partial charge < -0.3 is 19.7 Å². The van der Waals surface area contributed by atoms with Crippen molar-refractivity contribution < 1.29 is 36.2 Å². The van der Waals surface area contributed by atoms with Crippen LogP contribution in [0.5, 0.6) is 0 Å². The molecule has 1 saturated heterocycles. The van der Waals surface area contributed by atoms with Gasteiger partial charge in [-0.1, -0.05) is 0 Å². The molecule has 1 aliphatic rings. The molecule has 2 heterocycles. The van der Waals surface area contributed by atoms with E-state index in [1.54, 1.807) is 0 Å². The van der Waals surface area contributed by atoms with Gasteiger partial charge in [-0.25, -0.2) is 0 Å². The summed E-state index contributed by atoms with van der Waals surface area (Å²) in [7, 11) is 1.30. The van der Waals surface area contributed by atoms with Gasteiger partial charge in [0.2, 0.25) is 5.56 Å². The van der Waals surface area contributed by atoms with Crippen molar-refractivity contribution in [1.82, 2.24) is 4.98 Å². The Balaban J connectivity index is 2.11. The summed E-state index contributed by atoms with van der Waals surface area (Å²) in [4.78, 5) is 14.9. The lowest BCUT2D eigenvalue weighted by molar-refractivity contribution is -0.209. The Kier molecular flexibility index (Phi) is 5.09. The van der Waals surface area contributed by atoms with Crippen LogP contribution in [0.4, 0.5) is 32.0 Å². The van der Waals surface area contributed by atoms with Crippen molar-refractivity contribution in [2.45, 2.75) is 37.0 Å². The Morgan fingerprint density at radius 2 is 1.89 bits per heavy atom. The first kappa shape index (κ1) is 20.5. The average molecular weight is 410 g/mol. The summed E-state index contributed by atoms with van der Waals surface area (Å²) in [6.07, 6.45) is -13.2. The second-order valence-electron chi connectivity index (χ2n) is 6.57. The topological polar surface area (TPSA) is 65.6 Å². The van der Waals surface area contributed by atoms with E-state index in [-0.39, 0.29) is 29.6 Å². The molecule has 28 heavy (non-hydrogen) atoms. The summed E-state index contributed by atoms with van der Waals surface area (Å²) in [6.45, 7) is -0.0372. The molecular formula is C17H16F6N2O3. The third-order valence-electron chi connectivity index (χ3n) is 4.80. The van der Waals surface area contributed by atoms with Crippen molar-refractivity contribution in [3.05, 3.63) is 40.2 Å². The summed E-state index contributed by atoms with van der Waals surface area (Å²) < 4.78 is 84.1. The molecule has 11 heteroatoms. The number of aliphatic hydroxyl groups excluding tert-OH is 1. The zero-order chi connectivity index (χ0) is 20.9. The van der Waals surface area contributed by atoms with E-state index in [1.165, 1.54) is 24.1 Å². The number of aliphatic hydroxyl groups is 1. The minimum Gasteiger partial charge on any atom is -0.382 e. The van der Waals surface area contributed by atoms with E-state index < -0.39 is 41.7 Å². The standard InChI is InChI=1S/C17H16F6N2O3/c1-28-9-5-13(15(27)17(21,22)23)25(7-9)8-2-3-12-10(4-8)11(16(18,19)20)6-14(26)24-12/h2-4,6,9,13,15,27H,5,7H2,1H3,(H,24,26). The number of ether oxygens (including phenoxy) is 1. The Labute approximate surface area is 154 Å². The zero-order valence-electron chi connectivity index (χ0n) is 14.4. The number of H-pyrrole nitrogens is 1. The van der Waals surface area contributed by atoms with Gasteiger partial charge in [0.05, 0.1) is 17.7 Å². The number of pyridine rings is 1. The van der Waals surface area contributed by atoms with Crippen LogP contribution in [0.15, 0.2) is 29.1 Å². The molecule has 1 fully saturated rings. The lowest BCUT2D eigenvalue weighted by Gasteiger charge is -2.31. The van der Waals surface area contributed by atoms with Crippen LogP contribution in [0, 0.1) is 0 Å². The van der Waals surface area contributed by atoms with Crippen molar-refractivity contribution in [2.75, 3.05) is 18.6 Å². The van der Waals surface area contributed by atoms with Gasteiger partial charge in [0.15, 0.2) is 6.10 Å². The van der Waals surface area contributed by atoms with Crippen LogP contribution < -0.4 is 10.5 Å². The number of rotatable bonds is 3. The molecule has 0 amide bonds. The smallest absolute Gasteiger partial charge is 0.382 e. The predicted molar refractivity (Wildman–Crippen MR) is 88.2 cm³/mol. The maximum atomic E-state index is 13.3. The summed E-state index contributed by atoms with van der Waals surface area (Å²) in [5, 5.41) is 9.36. The van der Waals surface area contributed by atoms with Crippen LogP contribution in [0.3, 0.4) is 0 Å². The molecule has 3 unspecified atom stereocenters. The summed E-state index contributed by atoms with van der Waals surface area (Å²) in [5.74, 6) is 0. The minimum absolute atomic E-state index is 0.0372. The normalized spacial score (nSPS) is 22.1. The number of hydrogen-bond donors (Lipinski definition) is 2. The van der Waals surface area contributed by atoms with Crippen molar-refractivity contribution in [3.8, 4) is 0 Å². The van der Waals surface area contributed by atoms with Crippen molar-refractivity contribution in [2.24, 2.45) is 0 Å². The van der Waals surface area contributed by atoms with Crippen molar-refractivity contribution in [3.63, 3.8) is 0 Å². The Bertz CT molecular complexity index is 924. The molecule has 1 aliphatic heterocycles. The predicted octanol–water partition coefficient (Wildman–Crippen LogP) is 3.06. The lowest BCUT2D eigenvalue weighted by Crippen LogP contribution is -2.47. The SMILES string of the molecule is COC1CC(C(O)C(F)(F)F)N(c2ccc3[nH]c(=O)cc(C(F)(F)F)c3c2)C1. The molecule has 1 aromatic carbocycles. The van der Waals surface area contributed by atoms with Gasteiger partial charge in [-0.05, 0) is 24.6 Å². The average Bonchev–Trinajstić information content (AvgIpc) is 3.02. The molecule has 154 valence electrons. The van der Waals surface area contributed by atoms with Crippen LogP contribution >= 0.6 is 0 Å². The fourth-order valence-electron chi connectivity index (χ4n) is 3.47. The molecule has 0 radical (unpaired) electrons. The first-order valence-electron chi connectivity index (χ1n) is 8.20. The van der Waals surface area contributed by atoms with Gasteiger partial charge in [-0.3, -0.25) is 4.79 Å². The molecule has 0 bridgehead atoms. The number of benzene rings is 1. The van der Waals surface area contributed by atoms with E-state index in [2.05, 4.69) is 4.98 Å². The van der Waals surface area contributed by atoms with Gasteiger partial charge in [-0.15, -0.1) is 0 Å². The van der Waals surface area contributed by atoms with Gasteiger partial charge >= 0.3 is 12.4 Å². The zero-order valence-corrected chi connectivity index (χ0v) is 14.4. The van der Waals surface area contributed by atoms with E-state index in [4.69, 9.17) is 4.74 Å². The minimum atomic E-state index is -4.90. The highest BCUT2D eigenvalue weighted by molar-refractivity contribution is 5.86. The molecule has 3 rings (SSSR count). The number of anilines is 1. The number of aromatic nitrogens is 1. The summed E-state index contributed by atoms with van der Waals surface area (Å²) >= 11 is 0. The molecular weight excluding hydrogens is 394 g/mol. The van der Waals surface area contributed by atoms with Gasteiger partial charge in [0.1, 0.15) is 0 Å². The molecule has 2 N–H and O–H groups in total. The molecule has 0 saturated carbocycles. The van der Waals surface area contributed by atoms with Gasteiger partial charge in [0.25, 0.3) is 0 Å². The first-order valence-corrected chi connectivity index (χ1v) is 8.20. The molecule has 0 spiro atoms. The molecule has 1 aromatic heterocycles. The molecule has 5 nitrogen and oxygen atoms in total. The number of aromatic amines is 1. The lowest BCUT2D eigenvalue weighted by atomic mass is 10.0. The second-order valence-corrected chi connectivity index (χ2v) is 6.57. The van der Waals surface area contributed by atoms with E-state index in [0.717, 1.165) is 6.07 Å². The van der Waals surface area contributed by atoms with Crippen molar-refractivity contribution in [1.29, 1.82) is 0 Å². The summed E-state index contributed by atoms with van der Waals surface area (Å²) in [6, 6.07) is 2.53. The number of nitrogens with zero attached hydrogens (tertiary/aromatic N) is 1. The maximum Gasteiger partial charge on any atom is 0.417 e. The van der Waals surface area contributed by atoms with E-state index in [1.807, 2.05) is 0 Å². The highest BCUT2D eigenvalue weighted by Gasteiger charge is 2.49. The van der Waals surface area contributed by atoms with Crippen LogP contribution in [-0.2, 0) is 10.9 Å². The van der Waals surface area contributed by atoms with E-state index in [0.29, 0.717) is 6.07 Å². The Morgan fingerprint density at radius 1 is 1.21 bits per heavy atom. The molecule has 2 aromatic rings. The molecule has 0 aliphatic carbocycles. The fourth-order valence-corrected chi connectivity index (χ4v) is 3.47. The van der Waals surface area contributed by atoms with Crippen LogP contribution in [0.1, 0.15) is 12.0 Å². The first-order chi connectivity index (χ1) is 12.9. The van der Waals surface area contributed by atoms with Gasteiger partial charge in [-0.2, -0.15) is 26.3 Å². The number of nitrogens with one attached hydrogen (secondary N) is 1. The van der Waals surface area contributed by atoms with Crippen LogP contribution in [0.25, 0.3) is 10.9 Å². The fraction of sp³-hybridized carbons (Fsp3) is 0.471. The monoisotopic (exact) mass is 410 g/mol. The third kappa shape index (κ3) is 3.81. The van der Waals surface area contributed by atoms with Crippen LogP contribution in [-0.4, -0.2) is 48.2 Å². The second kappa shape index (κ2) is 6.96. The Morgan fingerprint density at radius 3 is 2.46 bits per heavy atom. The summed E-state index contributed by atoms with van der Waals surface area (Å²) in [5.41, 5.74) is -2.18. The van der Waals surface area contributed by atoms with E-state index in [9.17, 15) is 36.2 Å². The van der Waals surface area contributed by atoms with E-state index >= 15 is 0 Å². The third-order valence-corrected chi connectivity index (χ3v) is 4.80. The molecule has 3 atom stereocenters. The highest BCUT2D eigenvalue weighted by atomic mass is 19.4. The highest BCUT2D eigenvalue weighted by Crippen LogP contribution is 2.38. The Hall–Kier alpha value is -2.27. The van der Waals surface area contributed by atoms with Crippen molar-refractivity contribution >= 4 is 16.6 Å². The number of hydrogen-bond acceptors (Lipinski definition) is 4. The quantitative estimate of drug-likeness (QED) is 0.764. The number of alkyl halides is 6. The van der Waals surface area contributed by atoms with Crippen LogP contribution in [0.2, 0.25) is 0 Å². The number of fused-ring (bicyclic) bond motifs is 1. The largest absolute Gasteiger partial charge is 0.417 e. The number of halogens is 6. The maximum absolute atomic E-state index is 13.3. The number of methoxy groups -OCH3 is 1.